The summed E-state index contributed by atoms with van der Waals surface area (Å²) in [6, 6.07) is 6.26. The highest BCUT2D eigenvalue weighted by Gasteiger charge is 2.28. The van der Waals surface area contributed by atoms with Crippen LogP contribution in [0.3, 0.4) is 0 Å². The minimum atomic E-state index is -3.52. The summed E-state index contributed by atoms with van der Waals surface area (Å²) in [6.07, 6.45) is 1.10. The van der Waals surface area contributed by atoms with Gasteiger partial charge in [-0.25, -0.2) is 8.42 Å². The predicted octanol–water partition coefficient (Wildman–Crippen LogP) is 1.29. The molecular formula is C13H20N2O3S. The summed E-state index contributed by atoms with van der Waals surface area (Å²) in [5.74, 6) is -0.312. The Kier molecular flexibility index (Phi) is 4.94. The number of rotatable bonds is 5. The lowest BCUT2D eigenvalue weighted by Gasteiger charge is -2.28. The van der Waals surface area contributed by atoms with Gasteiger partial charge in [-0.1, -0.05) is 17.7 Å². The number of amides is 1. The molecule has 0 aliphatic carbocycles. The molecule has 0 aliphatic rings. The molecule has 5 nitrogen and oxygen atoms in total. The topological polar surface area (TPSA) is 66.5 Å². The fraction of sp³-hybridized carbons (Fsp3) is 0.462. The monoisotopic (exact) mass is 284 g/mol. The molecule has 19 heavy (non-hydrogen) atoms. The zero-order valence-corrected chi connectivity index (χ0v) is 12.5. The molecular weight excluding hydrogens is 264 g/mol. The van der Waals surface area contributed by atoms with Crippen LogP contribution < -0.4 is 9.62 Å². The van der Waals surface area contributed by atoms with Crippen LogP contribution in [0.15, 0.2) is 24.3 Å². The van der Waals surface area contributed by atoms with E-state index >= 15 is 0 Å². The molecule has 0 saturated heterocycles. The average molecular weight is 284 g/mol. The molecule has 1 aromatic carbocycles. The molecule has 1 atom stereocenters. The summed E-state index contributed by atoms with van der Waals surface area (Å²) in [7, 11) is -3.52. The Labute approximate surface area is 114 Å². The van der Waals surface area contributed by atoms with Gasteiger partial charge in [-0.2, -0.15) is 0 Å². The number of anilines is 1. The Hall–Kier alpha value is -1.56. The fourth-order valence-electron chi connectivity index (χ4n) is 1.82. The largest absolute Gasteiger partial charge is 0.355 e. The van der Waals surface area contributed by atoms with Crippen LogP contribution in [-0.4, -0.2) is 33.2 Å². The third-order valence-corrected chi connectivity index (χ3v) is 3.97. The third-order valence-electron chi connectivity index (χ3n) is 2.73. The number of nitrogens with zero attached hydrogens (tertiary/aromatic N) is 1. The molecule has 0 saturated carbocycles. The molecule has 0 radical (unpaired) electrons. The minimum absolute atomic E-state index is 0.312. The maximum Gasteiger partial charge on any atom is 0.243 e. The zero-order valence-electron chi connectivity index (χ0n) is 11.7. The fourth-order valence-corrected chi connectivity index (χ4v) is 3.00. The molecule has 1 aromatic rings. The second-order valence-corrected chi connectivity index (χ2v) is 6.32. The van der Waals surface area contributed by atoms with Crippen molar-refractivity contribution in [2.45, 2.75) is 26.8 Å². The van der Waals surface area contributed by atoms with E-state index in [0.717, 1.165) is 16.1 Å². The summed E-state index contributed by atoms with van der Waals surface area (Å²) in [5, 5.41) is 2.63. The third kappa shape index (κ3) is 3.96. The molecule has 0 heterocycles. The van der Waals surface area contributed by atoms with Gasteiger partial charge in [0.2, 0.25) is 15.9 Å². The normalized spacial score (nSPS) is 12.8. The second kappa shape index (κ2) is 6.06. The van der Waals surface area contributed by atoms with Crippen LogP contribution in [0.5, 0.6) is 0 Å². The van der Waals surface area contributed by atoms with E-state index < -0.39 is 16.1 Å². The number of nitrogens with one attached hydrogen (secondary N) is 1. The van der Waals surface area contributed by atoms with Crippen molar-refractivity contribution in [2.75, 3.05) is 17.1 Å². The van der Waals surface area contributed by atoms with Crippen molar-refractivity contribution >= 4 is 21.6 Å². The predicted molar refractivity (Wildman–Crippen MR) is 76.6 cm³/mol. The van der Waals surface area contributed by atoms with E-state index in [4.69, 9.17) is 0 Å². The first kappa shape index (κ1) is 15.5. The van der Waals surface area contributed by atoms with E-state index in [-0.39, 0.29) is 5.91 Å². The summed E-state index contributed by atoms with van der Waals surface area (Å²) in [6.45, 7) is 5.75. The number of carbonyl (C=O) groups is 1. The van der Waals surface area contributed by atoms with E-state index in [0.29, 0.717) is 12.2 Å². The molecule has 0 aliphatic heterocycles. The summed E-state index contributed by atoms with van der Waals surface area (Å²) >= 11 is 0. The lowest BCUT2D eigenvalue weighted by molar-refractivity contribution is -0.121. The molecule has 106 valence electrons. The van der Waals surface area contributed by atoms with Crippen LogP contribution in [0.2, 0.25) is 0 Å². The zero-order chi connectivity index (χ0) is 14.6. The average Bonchev–Trinajstić information content (AvgIpc) is 2.30. The summed E-state index contributed by atoms with van der Waals surface area (Å²) in [5.41, 5.74) is 1.52. The molecule has 1 rings (SSSR count). The van der Waals surface area contributed by atoms with Crippen LogP contribution in [0.4, 0.5) is 5.69 Å². The van der Waals surface area contributed by atoms with Crippen molar-refractivity contribution in [2.24, 2.45) is 0 Å². The Bertz CT molecular complexity index is 538. The van der Waals surface area contributed by atoms with Gasteiger partial charge < -0.3 is 5.32 Å². The Morgan fingerprint density at radius 2 is 1.84 bits per heavy atom. The number of hydrogen-bond acceptors (Lipinski definition) is 3. The van der Waals surface area contributed by atoms with Crippen molar-refractivity contribution in [1.82, 2.24) is 5.32 Å². The number of benzene rings is 1. The first-order chi connectivity index (χ1) is 8.77. The van der Waals surface area contributed by atoms with Gasteiger partial charge in [0.25, 0.3) is 0 Å². The van der Waals surface area contributed by atoms with Crippen LogP contribution >= 0.6 is 0 Å². The van der Waals surface area contributed by atoms with Gasteiger partial charge in [0, 0.05) is 6.54 Å². The Balaban J connectivity index is 3.16. The van der Waals surface area contributed by atoms with Gasteiger partial charge >= 0.3 is 0 Å². The van der Waals surface area contributed by atoms with Crippen molar-refractivity contribution in [3.63, 3.8) is 0 Å². The van der Waals surface area contributed by atoms with Crippen molar-refractivity contribution in [1.29, 1.82) is 0 Å². The van der Waals surface area contributed by atoms with E-state index in [1.165, 1.54) is 0 Å². The van der Waals surface area contributed by atoms with Gasteiger partial charge in [-0.05, 0) is 32.9 Å². The highest BCUT2D eigenvalue weighted by atomic mass is 32.2. The van der Waals surface area contributed by atoms with Crippen molar-refractivity contribution in [3.05, 3.63) is 29.8 Å². The second-order valence-electron chi connectivity index (χ2n) is 4.46. The van der Waals surface area contributed by atoms with Crippen molar-refractivity contribution < 1.29 is 13.2 Å². The number of sulfonamides is 1. The highest BCUT2D eigenvalue weighted by molar-refractivity contribution is 7.92. The molecule has 0 bridgehead atoms. The van der Waals surface area contributed by atoms with E-state index in [2.05, 4.69) is 5.32 Å². The standard InChI is InChI=1S/C13H20N2O3S/c1-5-14-13(16)11(3)15(19(4,17)18)12-8-6-10(2)7-9-12/h6-9,11H,5H2,1-4H3,(H,14,16)/t11-/m1/s1. The van der Waals surface area contributed by atoms with E-state index in [1.54, 1.807) is 26.0 Å². The Morgan fingerprint density at radius 3 is 2.26 bits per heavy atom. The van der Waals surface area contributed by atoms with E-state index in [1.807, 2.05) is 19.1 Å². The maximum absolute atomic E-state index is 11.9. The van der Waals surface area contributed by atoms with Crippen LogP contribution in [0.1, 0.15) is 19.4 Å². The maximum atomic E-state index is 11.9. The Morgan fingerprint density at radius 1 is 1.32 bits per heavy atom. The number of carbonyl (C=O) groups excluding carboxylic acids is 1. The van der Waals surface area contributed by atoms with Crippen molar-refractivity contribution in [3.8, 4) is 0 Å². The van der Waals surface area contributed by atoms with Gasteiger partial charge in [0.15, 0.2) is 0 Å². The first-order valence-corrected chi connectivity index (χ1v) is 7.96. The molecule has 0 fully saturated rings. The minimum Gasteiger partial charge on any atom is -0.355 e. The SMILES string of the molecule is CCNC(=O)[C@@H](C)N(c1ccc(C)cc1)S(C)(=O)=O. The lowest BCUT2D eigenvalue weighted by Crippen LogP contribution is -2.47. The summed E-state index contributed by atoms with van der Waals surface area (Å²) in [4.78, 5) is 11.9. The lowest BCUT2D eigenvalue weighted by atomic mass is 10.2. The van der Waals surface area contributed by atoms with Gasteiger partial charge in [-0.15, -0.1) is 0 Å². The summed E-state index contributed by atoms with van der Waals surface area (Å²) < 4.78 is 25.0. The number of likely N-dealkylation sites (N-methyl/N-ethyl adjacent to an activating group) is 1. The van der Waals surface area contributed by atoms with E-state index in [9.17, 15) is 13.2 Å². The molecule has 1 N–H and O–H groups in total. The number of hydrogen-bond donors (Lipinski definition) is 1. The van der Waals surface area contributed by atoms with Crippen LogP contribution in [-0.2, 0) is 14.8 Å². The smallest absolute Gasteiger partial charge is 0.243 e. The molecule has 0 spiro atoms. The highest BCUT2D eigenvalue weighted by Crippen LogP contribution is 2.21. The van der Waals surface area contributed by atoms with Crippen LogP contribution in [0.25, 0.3) is 0 Å². The van der Waals surface area contributed by atoms with Gasteiger partial charge in [0.05, 0.1) is 11.9 Å². The molecule has 1 amide bonds. The molecule has 0 aromatic heterocycles. The quantitative estimate of drug-likeness (QED) is 0.886. The van der Waals surface area contributed by atoms with Crippen LogP contribution in [0, 0.1) is 6.92 Å². The molecule has 6 heteroatoms. The molecule has 0 unspecified atom stereocenters. The first-order valence-electron chi connectivity index (χ1n) is 6.11. The van der Waals surface area contributed by atoms with Gasteiger partial charge in [0.1, 0.15) is 6.04 Å². The number of aryl methyl sites for hydroxylation is 1. The van der Waals surface area contributed by atoms with Gasteiger partial charge in [-0.3, -0.25) is 9.10 Å².